The lowest BCUT2D eigenvalue weighted by atomic mass is 9.89. The van der Waals surface area contributed by atoms with Crippen LogP contribution in [0.15, 0.2) is 59.2 Å². The Hall–Kier alpha value is -5.02. The predicted molar refractivity (Wildman–Crippen MR) is 253 cm³/mol. The SMILES string of the molecule is CCc1ccc2c(P(C)(C)=O)c(Nc3nc(Nc4cc(C5CC5)c(N5CCC(NCCNCCc6cc(F)c([C@H]7CCC(=O)NC7=O)c(F)c6)CC5)cc4OC)ncc3Br)ccc2n1. The first-order valence-electron chi connectivity index (χ1n) is 22.1. The van der Waals surface area contributed by atoms with E-state index in [1.165, 1.54) is 23.4 Å². The number of pyridine rings is 1. The van der Waals surface area contributed by atoms with Crippen molar-refractivity contribution in [2.75, 3.05) is 68.7 Å². The molecule has 64 heavy (non-hydrogen) atoms. The summed E-state index contributed by atoms with van der Waals surface area (Å²) in [6.07, 6.45) is 7.32. The fraction of sp³-hybridized carbons (Fsp3) is 0.426. The Bertz CT molecular complexity index is 2590. The Balaban J connectivity index is 0.861. The Morgan fingerprint density at radius 1 is 0.922 bits per heavy atom. The van der Waals surface area contributed by atoms with Crippen molar-refractivity contribution in [2.45, 2.75) is 76.2 Å². The zero-order valence-electron chi connectivity index (χ0n) is 36.6. The number of rotatable bonds is 17. The molecule has 2 amide bonds. The van der Waals surface area contributed by atoms with Crippen LogP contribution in [0.2, 0.25) is 0 Å². The van der Waals surface area contributed by atoms with Gasteiger partial charge in [-0.15, -0.1) is 0 Å². The molecule has 1 atom stereocenters. The minimum Gasteiger partial charge on any atom is -0.494 e. The molecule has 2 saturated heterocycles. The molecule has 5 N–H and O–H groups in total. The zero-order valence-corrected chi connectivity index (χ0v) is 39.1. The van der Waals surface area contributed by atoms with E-state index in [0.29, 0.717) is 64.7 Å². The molecule has 5 aromatic rings. The number of fused-ring (bicyclic) bond motifs is 1. The lowest BCUT2D eigenvalue weighted by molar-refractivity contribution is -0.134. The Labute approximate surface area is 380 Å². The summed E-state index contributed by atoms with van der Waals surface area (Å²) in [5.74, 6) is -1.52. The number of aryl methyl sites for hydroxylation is 1. The van der Waals surface area contributed by atoms with Crippen molar-refractivity contribution in [3.8, 4) is 5.75 Å². The Kier molecular flexibility index (Phi) is 14.0. The van der Waals surface area contributed by atoms with Gasteiger partial charge in [0.15, 0.2) is 0 Å². The molecule has 17 heteroatoms. The number of carbonyl (C=O) groups excluding carboxylic acids is 2. The standard InChI is InChI=1S/C47H55BrF2N9O4P/c1-5-29-8-9-31-37(54-29)11-12-38(44(31)64(3,4)62)55-45-34(48)26-53-47(58-45)56-39-24-33(28-6-7-28)40(25-41(39)63-2)59-20-15-30(16-21-59)52-19-18-51-17-14-27-22-35(49)43(36(50)23-27)32-10-13-42(60)57-46(32)61/h8-9,11-12,22-26,28,30,32,51-52H,5-7,10,13-21H2,1-4H3,(H,57,60,61)(H2,53,55,56,58)/t32-/m1/s1. The summed E-state index contributed by atoms with van der Waals surface area (Å²) in [6, 6.07) is 15.1. The summed E-state index contributed by atoms with van der Waals surface area (Å²) >= 11 is 3.62. The first-order valence-corrected chi connectivity index (χ1v) is 25.5. The molecule has 2 aromatic heterocycles. The molecule has 3 fully saturated rings. The number of nitrogens with one attached hydrogen (secondary N) is 5. The van der Waals surface area contributed by atoms with E-state index < -0.39 is 36.5 Å². The minimum atomic E-state index is -2.75. The quantitative estimate of drug-likeness (QED) is 0.0346. The van der Waals surface area contributed by atoms with Gasteiger partial charge < -0.3 is 35.5 Å². The van der Waals surface area contributed by atoms with Gasteiger partial charge in [0, 0.05) is 78.5 Å². The van der Waals surface area contributed by atoms with Crippen LogP contribution >= 0.6 is 23.1 Å². The van der Waals surface area contributed by atoms with Crippen LogP contribution in [0, 0.1) is 11.6 Å². The Morgan fingerprint density at radius 2 is 1.69 bits per heavy atom. The number of piperidine rings is 2. The van der Waals surface area contributed by atoms with E-state index in [-0.39, 0.29) is 18.4 Å². The summed E-state index contributed by atoms with van der Waals surface area (Å²) in [7, 11) is -1.07. The summed E-state index contributed by atoms with van der Waals surface area (Å²) in [5, 5.41) is 17.7. The summed E-state index contributed by atoms with van der Waals surface area (Å²) in [4.78, 5) is 40.3. The van der Waals surface area contributed by atoms with Crippen molar-refractivity contribution in [3.05, 3.63) is 93.2 Å². The number of methoxy groups -OCH3 is 1. The largest absolute Gasteiger partial charge is 0.494 e. The van der Waals surface area contributed by atoms with Crippen molar-refractivity contribution in [1.29, 1.82) is 0 Å². The number of hydrogen-bond acceptors (Lipinski definition) is 12. The highest BCUT2D eigenvalue weighted by Crippen LogP contribution is 2.48. The van der Waals surface area contributed by atoms with Gasteiger partial charge in [-0.05, 0) is 134 Å². The van der Waals surface area contributed by atoms with Crippen molar-refractivity contribution >= 4 is 79.9 Å². The fourth-order valence-electron chi connectivity index (χ4n) is 8.85. The van der Waals surface area contributed by atoms with Crippen LogP contribution in [0.5, 0.6) is 5.75 Å². The van der Waals surface area contributed by atoms with Crippen LogP contribution in [0.3, 0.4) is 0 Å². The number of nitrogens with zero attached hydrogens (tertiary/aromatic N) is 4. The maximum atomic E-state index is 14.9. The first kappa shape index (κ1) is 45.5. The fourth-order valence-corrected chi connectivity index (χ4v) is 10.6. The highest BCUT2D eigenvalue weighted by molar-refractivity contribution is 9.10. The third kappa shape index (κ3) is 10.4. The smallest absolute Gasteiger partial charge is 0.234 e. The van der Waals surface area contributed by atoms with E-state index in [1.807, 2.05) is 24.3 Å². The van der Waals surface area contributed by atoms with Gasteiger partial charge in [-0.2, -0.15) is 4.98 Å². The summed E-state index contributed by atoms with van der Waals surface area (Å²) in [5.41, 5.74) is 5.98. The van der Waals surface area contributed by atoms with E-state index in [9.17, 15) is 22.9 Å². The van der Waals surface area contributed by atoms with E-state index in [1.54, 1.807) is 26.6 Å². The molecule has 0 radical (unpaired) electrons. The van der Waals surface area contributed by atoms with Crippen LogP contribution in [-0.2, 0) is 27.0 Å². The molecule has 13 nitrogen and oxygen atoms in total. The van der Waals surface area contributed by atoms with E-state index in [2.05, 4.69) is 71.5 Å². The zero-order chi connectivity index (χ0) is 45.1. The molecular formula is C47H55BrF2N9O4P. The van der Waals surface area contributed by atoms with Crippen molar-refractivity contribution in [1.82, 2.24) is 30.9 Å². The van der Waals surface area contributed by atoms with Crippen molar-refractivity contribution < 1.29 is 27.7 Å². The van der Waals surface area contributed by atoms with Crippen LogP contribution in [0.4, 0.5) is 37.6 Å². The van der Waals surface area contributed by atoms with Crippen LogP contribution < -0.4 is 41.5 Å². The van der Waals surface area contributed by atoms with Gasteiger partial charge in [-0.3, -0.25) is 19.9 Å². The molecule has 0 unspecified atom stereocenters. The number of imide groups is 1. The van der Waals surface area contributed by atoms with Gasteiger partial charge in [0.1, 0.15) is 30.3 Å². The molecule has 0 spiro atoms. The predicted octanol–water partition coefficient (Wildman–Crippen LogP) is 8.16. The van der Waals surface area contributed by atoms with Gasteiger partial charge >= 0.3 is 0 Å². The van der Waals surface area contributed by atoms with Crippen LogP contribution in [0.1, 0.15) is 79.7 Å². The third-order valence-electron chi connectivity index (χ3n) is 12.3. The number of aromatic nitrogens is 3. The highest BCUT2D eigenvalue weighted by atomic mass is 79.9. The maximum Gasteiger partial charge on any atom is 0.234 e. The lowest BCUT2D eigenvalue weighted by Crippen LogP contribution is -2.44. The molecule has 0 bridgehead atoms. The lowest BCUT2D eigenvalue weighted by Gasteiger charge is -2.35. The first-order chi connectivity index (χ1) is 30.8. The minimum absolute atomic E-state index is 0.0580. The molecular weight excluding hydrogens is 903 g/mol. The number of amides is 2. The highest BCUT2D eigenvalue weighted by Gasteiger charge is 2.33. The number of hydrogen-bond donors (Lipinski definition) is 5. The van der Waals surface area contributed by atoms with E-state index in [4.69, 9.17) is 14.7 Å². The average molecular weight is 959 g/mol. The third-order valence-corrected chi connectivity index (χ3v) is 14.4. The second-order valence-corrected chi connectivity index (χ2v) is 21.3. The van der Waals surface area contributed by atoms with Gasteiger partial charge in [0.05, 0.1) is 34.4 Å². The second-order valence-electron chi connectivity index (χ2n) is 17.3. The molecule has 8 rings (SSSR count). The molecule has 1 aliphatic carbocycles. The molecule has 3 aromatic carbocycles. The van der Waals surface area contributed by atoms with Crippen LogP contribution in [0.25, 0.3) is 10.9 Å². The van der Waals surface area contributed by atoms with Gasteiger partial charge in [-0.1, -0.05) is 13.0 Å². The molecule has 1 saturated carbocycles. The normalized spacial score (nSPS) is 17.2. The monoisotopic (exact) mass is 957 g/mol. The van der Waals surface area contributed by atoms with Gasteiger partial charge in [-0.25, -0.2) is 13.8 Å². The topological polar surface area (TPSA) is 162 Å². The second kappa shape index (κ2) is 19.6. The van der Waals surface area contributed by atoms with Gasteiger partial charge in [0.2, 0.25) is 17.8 Å². The number of ether oxygens (including phenoxy) is 1. The average Bonchev–Trinajstić information content (AvgIpc) is 4.12. The number of anilines is 5. The van der Waals surface area contributed by atoms with E-state index >= 15 is 0 Å². The molecule has 4 heterocycles. The number of benzene rings is 3. The van der Waals surface area contributed by atoms with Crippen LogP contribution in [-0.4, -0.2) is 86.0 Å². The summed E-state index contributed by atoms with van der Waals surface area (Å²) < 4.78 is 50.2. The van der Waals surface area contributed by atoms with Gasteiger partial charge in [0.25, 0.3) is 0 Å². The van der Waals surface area contributed by atoms with E-state index in [0.717, 1.165) is 79.3 Å². The molecule has 338 valence electrons. The number of halogens is 3. The van der Waals surface area contributed by atoms with Crippen molar-refractivity contribution in [3.63, 3.8) is 0 Å². The number of carbonyl (C=O) groups is 2. The van der Waals surface area contributed by atoms with Crippen molar-refractivity contribution in [2.24, 2.45) is 0 Å². The Morgan fingerprint density at radius 3 is 2.38 bits per heavy atom. The maximum absolute atomic E-state index is 14.9. The summed E-state index contributed by atoms with van der Waals surface area (Å²) in [6.45, 7) is 9.42. The molecule has 2 aliphatic heterocycles. The molecule has 3 aliphatic rings.